The average Bonchev–Trinajstić information content (AvgIpc) is 2.89. The van der Waals surface area contributed by atoms with Crippen molar-refractivity contribution in [3.8, 4) is 5.75 Å². The van der Waals surface area contributed by atoms with Crippen molar-refractivity contribution in [2.75, 3.05) is 7.11 Å². The molecule has 0 aromatic heterocycles. The van der Waals surface area contributed by atoms with E-state index in [9.17, 15) is 8.78 Å². The molecule has 0 bridgehead atoms. The van der Waals surface area contributed by atoms with Crippen LogP contribution in [-0.2, 0) is 6.42 Å². The van der Waals surface area contributed by atoms with E-state index in [2.05, 4.69) is 0 Å². The van der Waals surface area contributed by atoms with E-state index in [1.807, 2.05) is 0 Å². The molecule has 0 heterocycles. The monoisotopic (exact) mass is 213 g/mol. The third-order valence-electron chi connectivity index (χ3n) is 2.73. The van der Waals surface area contributed by atoms with Crippen molar-refractivity contribution >= 4 is 0 Å². The van der Waals surface area contributed by atoms with E-state index in [4.69, 9.17) is 10.5 Å². The summed E-state index contributed by atoms with van der Waals surface area (Å²) in [5.41, 5.74) is 5.82. The van der Waals surface area contributed by atoms with Gasteiger partial charge in [-0.2, -0.15) is 0 Å². The summed E-state index contributed by atoms with van der Waals surface area (Å²) in [6, 6.07) is 2.22. The van der Waals surface area contributed by atoms with Crippen molar-refractivity contribution < 1.29 is 13.5 Å². The molecule has 15 heavy (non-hydrogen) atoms. The van der Waals surface area contributed by atoms with Gasteiger partial charge in [0, 0.05) is 11.6 Å². The number of hydrogen-bond donors (Lipinski definition) is 1. The molecule has 0 aliphatic heterocycles. The first-order valence-electron chi connectivity index (χ1n) is 4.85. The van der Waals surface area contributed by atoms with Crippen LogP contribution in [0.2, 0.25) is 0 Å². The zero-order valence-corrected chi connectivity index (χ0v) is 8.52. The van der Waals surface area contributed by atoms with Crippen molar-refractivity contribution in [2.24, 2.45) is 5.73 Å². The van der Waals surface area contributed by atoms with Gasteiger partial charge in [0.2, 0.25) is 0 Å². The first-order chi connectivity index (χ1) is 7.04. The lowest BCUT2D eigenvalue weighted by Crippen LogP contribution is -2.25. The molecule has 1 aromatic carbocycles. The van der Waals surface area contributed by atoms with Crippen LogP contribution in [0, 0.1) is 11.6 Å². The van der Waals surface area contributed by atoms with Crippen LogP contribution in [0.25, 0.3) is 0 Å². The molecule has 0 unspecified atom stereocenters. The van der Waals surface area contributed by atoms with Crippen molar-refractivity contribution in [2.45, 2.75) is 24.8 Å². The normalized spacial score (nSPS) is 17.6. The van der Waals surface area contributed by atoms with Gasteiger partial charge >= 0.3 is 0 Å². The van der Waals surface area contributed by atoms with Gasteiger partial charge in [-0.25, -0.2) is 8.78 Å². The zero-order chi connectivity index (χ0) is 11.1. The smallest absolute Gasteiger partial charge is 0.168 e. The fraction of sp³-hybridized carbons (Fsp3) is 0.455. The second-order valence-electron chi connectivity index (χ2n) is 4.12. The van der Waals surface area contributed by atoms with Crippen molar-refractivity contribution in [3.05, 3.63) is 29.3 Å². The summed E-state index contributed by atoms with van der Waals surface area (Å²) in [4.78, 5) is 0. The summed E-state index contributed by atoms with van der Waals surface area (Å²) in [6.45, 7) is 0. The molecule has 1 aliphatic rings. The van der Waals surface area contributed by atoms with Crippen molar-refractivity contribution in [1.82, 2.24) is 0 Å². The largest absolute Gasteiger partial charge is 0.494 e. The summed E-state index contributed by atoms with van der Waals surface area (Å²) in [6.07, 6.45) is 2.10. The molecule has 1 aromatic rings. The van der Waals surface area contributed by atoms with E-state index < -0.39 is 11.6 Å². The Hall–Kier alpha value is -1.16. The van der Waals surface area contributed by atoms with Crippen molar-refractivity contribution in [1.29, 1.82) is 0 Å². The van der Waals surface area contributed by atoms with E-state index in [0.29, 0.717) is 12.0 Å². The second kappa shape index (κ2) is 3.45. The number of methoxy groups -OCH3 is 1. The fourth-order valence-corrected chi connectivity index (χ4v) is 1.61. The second-order valence-corrected chi connectivity index (χ2v) is 4.12. The third kappa shape index (κ3) is 2.09. The van der Waals surface area contributed by atoms with Crippen LogP contribution in [0.4, 0.5) is 8.78 Å². The summed E-state index contributed by atoms with van der Waals surface area (Å²) in [5, 5.41) is 0. The molecule has 1 fully saturated rings. The number of rotatable bonds is 3. The lowest BCUT2D eigenvalue weighted by molar-refractivity contribution is 0.379. The summed E-state index contributed by atoms with van der Waals surface area (Å²) < 4.78 is 31.5. The van der Waals surface area contributed by atoms with Gasteiger partial charge in [-0.3, -0.25) is 0 Å². The van der Waals surface area contributed by atoms with Crippen LogP contribution in [-0.4, -0.2) is 12.6 Å². The van der Waals surface area contributed by atoms with Gasteiger partial charge < -0.3 is 10.5 Å². The Balaban J connectivity index is 2.32. The highest BCUT2D eigenvalue weighted by Gasteiger charge is 2.39. The maximum atomic E-state index is 13.7. The van der Waals surface area contributed by atoms with Gasteiger partial charge in [-0.05, 0) is 30.9 Å². The third-order valence-corrected chi connectivity index (χ3v) is 2.73. The minimum atomic E-state index is -0.504. The molecule has 2 nitrogen and oxygen atoms in total. The molecule has 0 amide bonds. The van der Waals surface area contributed by atoms with Crippen LogP contribution < -0.4 is 10.5 Å². The van der Waals surface area contributed by atoms with Gasteiger partial charge in [-0.1, -0.05) is 0 Å². The quantitative estimate of drug-likeness (QED) is 0.833. The highest BCUT2D eigenvalue weighted by atomic mass is 19.1. The Morgan fingerprint density at radius 1 is 1.40 bits per heavy atom. The van der Waals surface area contributed by atoms with Crippen LogP contribution in [0.1, 0.15) is 18.4 Å². The van der Waals surface area contributed by atoms with Crippen LogP contribution >= 0.6 is 0 Å². The van der Waals surface area contributed by atoms with E-state index >= 15 is 0 Å². The van der Waals surface area contributed by atoms with E-state index in [0.717, 1.165) is 18.9 Å². The van der Waals surface area contributed by atoms with Gasteiger partial charge in [-0.15, -0.1) is 0 Å². The number of nitrogens with two attached hydrogens (primary N) is 1. The molecule has 1 aliphatic carbocycles. The summed E-state index contributed by atoms with van der Waals surface area (Å²) in [7, 11) is 1.32. The van der Waals surface area contributed by atoms with Gasteiger partial charge in [0.1, 0.15) is 5.82 Å². The van der Waals surface area contributed by atoms with E-state index in [1.165, 1.54) is 13.2 Å². The maximum Gasteiger partial charge on any atom is 0.168 e. The predicted molar refractivity (Wildman–Crippen MR) is 52.8 cm³/mol. The average molecular weight is 213 g/mol. The lowest BCUT2D eigenvalue weighted by atomic mass is 10.0. The van der Waals surface area contributed by atoms with E-state index in [-0.39, 0.29) is 11.3 Å². The lowest BCUT2D eigenvalue weighted by Gasteiger charge is -2.11. The highest BCUT2D eigenvalue weighted by molar-refractivity contribution is 5.34. The number of benzene rings is 1. The van der Waals surface area contributed by atoms with Gasteiger partial charge in [0.05, 0.1) is 7.11 Å². The Kier molecular flexibility index (Phi) is 2.38. The van der Waals surface area contributed by atoms with Crippen LogP contribution in [0.15, 0.2) is 12.1 Å². The molecule has 0 saturated heterocycles. The number of hydrogen-bond acceptors (Lipinski definition) is 2. The Labute approximate surface area is 87.0 Å². The predicted octanol–water partition coefficient (Wildman–Crippen LogP) is 2.01. The molecule has 2 rings (SSSR count). The van der Waals surface area contributed by atoms with Crippen LogP contribution in [0.3, 0.4) is 0 Å². The SMILES string of the molecule is COc1cc(F)cc(CC2(N)CC2)c1F. The number of ether oxygens (including phenoxy) is 1. The molecule has 4 heteroatoms. The highest BCUT2D eigenvalue weighted by Crippen LogP contribution is 2.37. The first-order valence-corrected chi connectivity index (χ1v) is 4.85. The fourth-order valence-electron chi connectivity index (χ4n) is 1.61. The zero-order valence-electron chi connectivity index (χ0n) is 8.52. The van der Waals surface area contributed by atoms with Gasteiger partial charge in [0.25, 0.3) is 0 Å². The molecule has 0 radical (unpaired) electrons. The minimum absolute atomic E-state index is 0.0609. The molecule has 0 atom stereocenters. The van der Waals surface area contributed by atoms with Crippen molar-refractivity contribution in [3.63, 3.8) is 0 Å². The summed E-state index contributed by atoms with van der Waals surface area (Å²) in [5.74, 6) is -1.06. The Morgan fingerprint density at radius 2 is 2.07 bits per heavy atom. The summed E-state index contributed by atoms with van der Waals surface area (Å²) >= 11 is 0. The molecule has 2 N–H and O–H groups in total. The van der Waals surface area contributed by atoms with E-state index in [1.54, 1.807) is 0 Å². The topological polar surface area (TPSA) is 35.2 Å². The Bertz CT molecular complexity index is 388. The molecule has 0 spiro atoms. The van der Waals surface area contributed by atoms with Crippen LogP contribution in [0.5, 0.6) is 5.75 Å². The molecule has 1 saturated carbocycles. The number of halogens is 2. The molecular weight excluding hydrogens is 200 g/mol. The maximum absolute atomic E-state index is 13.7. The van der Waals surface area contributed by atoms with Gasteiger partial charge in [0.15, 0.2) is 11.6 Å². The minimum Gasteiger partial charge on any atom is -0.494 e. The molecular formula is C11H13F2NO. The standard InChI is InChI=1S/C11H13F2NO/c1-15-9-5-8(12)4-7(10(9)13)6-11(14)2-3-11/h4-5H,2-3,6,14H2,1H3. The molecule has 82 valence electrons. The first kappa shape index (κ1) is 10.4. The Morgan fingerprint density at radius 3 is 2.60 bits per heavy atom.